The molecule has 22 heavy (non-hydrogen) atoms. The van der Waals surface area contributed by atoms with Gasteiger partial charge in [-0.05, 0) is 31.4 Å². The van der Waals surface area contributed by atoms with Crippen molar-refractivity contribution in [3.8, 4) is 5.88 Å². The van der Waals surface area contributed by atoms with E-state index in [1.165, 1.54) is 19.5 Å². The Hall–Kier alpha value is -1.33. The monoisotopic (exact) mass is 304 g/mol. The van der Waals surface area contributed by atoms with E-state index in [1.54, 1.807) is 0 Å². The van der Waals surface area contributed by atoms with Crippen molar-refractivity contribution >= 4 is 5.82 Å². The fraction of sp³-hybridized carbons (Fsp3) is 0.706. The minimum atomic E-state index is 0.454. The molecule has 1 atom stereocenters. The summed E-state index contributed by atoms with van der Waals surface area (Å²) >= 11 is 0. The first kappa shape index (κ1) is 15.6. The van der Waals surface area contributed by atoms with Crippen molar-refractivity contribution in [1.82, 2.24) is 15.2 Å². The molecule has 2 aliphatic heterocycles. The number of nitrogens with one attached hydrogen (secondary N) is 1. The van der Waals surface area contributed by atoms with Crippen LogP contribution in [0.15, 0.2) is 18.2 Å². The molecule has 0 bridgehead atoms. The van der Waals surface area contributed by atoms with Crippen LogP contribution >= 0.6 is 0 Å². The van der Waals surface area contributed by atoms with Crippen molar-refractivity contribution < 1.29 is 4.74 Å². The zero-order valence-electron chi connectivity index (χ0n) is 13.8. The molecule has 2 saturated heterocycles. The number of hydrogen-bond donors (Lipinski definition) is 1. The van der Waals surface area contributed by atoms with Crippen LogP contribution in [-0.4, -0.2) is 62.3 Å². The summed E-state index contributed by atoms with van der Waals surface area (Å²) in [6.07, 6.45) is 1.30. The number of hydrogen-bond acceptors (Lipinski definition) is 5. The van der Waals surface area contributed by atoms with E-state index < -0.39 is 0 Å². The lowest BCUT2D eigenvalue weighted by molar-refractivity contribution is 0.169. The molecule has 1 N–H and O–H groups in total. The van der Waals surface area contributed by atoms with Crippen LogP contribution in [0.4, 0.5) is 5.82 Å². The quantitative estimate of drug-likeness (QED) is 0.895. The van der Waals surface area contributed by atoms with Crippen molar-refractivity contribution in [3.05, 3.63) is 18.2 Å². The first-order chi connectivity index (χ1) is 10.7. The lowest BCUT2D eigenvalue weighted by Crippen LogP contribution is -2.50. The summed E-state index contributed by atoms with van der Waals surface area (Å²) in [6.45, 7) is 12.9. The molecule has 3 rings (SSSR count). The van der Waals surface area contributed by atoms with Crippen molar-refractivity contribution in [2.75, 3.05) is 57.3 Å². The Labute approximate surface area is 133 Å². The number of aromatic nitrogens is 1. The van der Waals surface area contributed by atoms with Gasteiger partial charge in [-0.25, -0.2) is 0 Å². The fourth-order valence-corrected chi connectivity index (χ4v) is 3.49. The maximum absolute atomic E-state index is 5.51. The Morgan fingerprint density at radius 1 is 1.27 bits per heavy atom. The second-order valence-electron chi connectivity index (χ2n) is 6.77. The Morgan fingerprint density at radius 3 is 2.77 bits per heavy atom. The Balaban J connectivity index is 1.54. The first-order valence-electron chi connectivity index (χ1n) is 8.46. The summed E-state index contributed by atoms with van der Waals surface area (Å²) in [7, 11) is 0. The molecule has 0 spiro atoms. The molecule has 1 aromatic rings. The molecular formula is C17H28N4O. The number of nitrogens with zero attached hydrogens (tertiary/aromatic N) is 3. The standard InChI is InChI=1S/C17H28N4O/c1-3-22-16-6-4-5-15(19-16)21-11-9-20(10-12-21)14-17(2)7-8-18-13-17/h4-6,18H,3,7-14H2,1-2H3. The van der Waals surface area contributed by atoms with E-state index >= 15 is 0 Å². The van der Waals surface area contributed by atoms with Gasteiger partial charge >= 0.3 is 0 Å². The van der Waals surface area contributed by atoms with Gasteiger partial charge < -0.3 is 15.0 Å². The van der Waals surface area contributed by atoms with Gasteiger partial charge in [0.25, 0.3) is 0 Å². The molecule has 0 saturated carbocycles. The summed E-state index contributed by atoms with van der Waals surface area (Å²) in [6, 6.07) is 6.04. The van der Waals surface area contributed by atoms with Gasteiger partial charge in [0.1, 0.15) is 5.82 Å². The molecule has 5 nitrogen and oxygen atoms in total. The minimum absolute atomic E-state index is 0.454. The Bertz CT molecular complexity index is 479. The second-order valence-corrected chi connectivity index (χ2v) is 6.77. The smallest absolute Gasteiger partial charge is 0.215 e. The molecule has 0 aliphatic carbocycles. The lowest BCUT2D eigenvalue weighted by Gasteiger charge is -2.39. The van der Waals surface area contributed by atoms with Gasteiger partial charge in [0.05, 0.1) is 6.61 Å². The molecule has 3 heterocycles. The number of pyridine rings is 1. The van der Waals surface area contributed by atoms with E-state index in [4.69, 9.17) is 4.74 Å². The third kappa shape index (κ3) is 3.70. The van der Waals surface area contributed by atoms with Crippen LogP contribution in [0.1, 0.15) is 20.3 Å². The van der Waals surface area contributed by atoms with Crippen LogP contribution in [0.2, 0.25) is 0 Å². The number of rotatable bonds is 5. The average molecular weight is 304 g/mol. The molecule has 2 fully saturated rings. The van der Waals surface area contributed by atoms with Gasteiger partial charge in [-0.15, -0.1) is 0 Å². The summed E-state index contributed by atoms with van der Waals surface area (Å²) in [5.41, 5.74) is 0.454. The highest BCUT2D eigenvalue weighted by molar-refractivity contribution is 5.41. The maximum Gasteiger partial charge on any atom is 0.215 e. The summed E-state index contributed by atoms with van der Waals surface area (Å²) in [5.74, 6) is 1.77. The highest BCUT2D eigenvalue weighted by Gasteiger charge is 2.31. The topological polar surface area (TPSA) is 40.6 Å². The maximum atomic E-state index is 5.51. The van der Waals surface area contributed by atoms with Gasteiger partial charge in [-0.1, -0.05) is 13.0 Å². The van der Waals surface area contributed by atoms with Crippen molar-refractivity contribution in [1.29, 1.82) is 0 Å². The molecular weight excluding hydrogens is 276 g/mol. The molecule has 5 heteroatoms. The minimum Gasteiger partial charge on any atom is -0.478 e. The van der Waals surface area contributed by atoms with Crippen molar-refractivity contribution in [2.24, 2.45) is 5.41 Å². The average Bonchev–Trinajstić information content (AvgIpc) is 2.95. The SMILES string of the molecule is CCOc1cccc(N2CCN(CC3(C)CCNC3)CC2)n1. The highest BCUT2D eigenvalue weighted by Crippen LogP contribution is 2.26. The van der Waals surface area contributed by atoms with Crippen LogP contribution in [0.5, 0.6) is 5.88 Å². The second kappa shape index (κ2) is 6.84. The van der Waals surface area contributed by atoms with E-state index in [0.717, 1.165) is 44.4 Å². The van der Waals surface area contributed by atoms with Crippen LogP contribution in [0.25, 0.3) is 0 Å². The number of ether oxygens (including phenoxy) is 1. The zero-order valence-corrected chi connectivity index (χ0v) is 13.8. The molecule has 1 unspecified atom stereocenters. The summed E-state index contributed by atoms with van der Waals surface area (Å²) in [4.78, 5) is 9.58. The summed E-state index contributed by atoms with van der Waals surface area (Å²) in [5, 5.41) is 3.49. The van der Waals surface area contributed by atoms with Gasteiger partial charge in [0.15, 0.2) is 0 Å². The van der Waals surface area contributed by atoms with Crippen LogP contribution in [-0.2, 0) is 0 Å². The van der Waals surface area contributed by atoms with Gasteiger partial charge in [0.2, 0.25) is 5.88 Å². The molecule has 0 aromatic carbocycles. The van der Waals surface area contributed by atoms with E-state index in [9.17, 15) is 0 Å². The van der Waals surface area contributed by atoms with Gasteiger partial charge in [-0.2, -0.15) is 4.98 Å². The zero-order chi connectivity index (χ0) is 15.4. The van der Waals surface area contributed by atoms with Crippen LogP contribution < -0.4 is 15.0 Å². The number of anilines is 1. The van der Waals surface area contributed by atoms with E-state index in [0.29, 0.717) is 12.0 Å². The van der Waals surface area contributed by atoms with Crippen LogP contribution in [0, 0.1) is 5.41 Å². The predicted molar refractivity (Wildman–Crippen MR) is 89.7 cm³/mol. The van der Waals surface area contributed by atoms with E-state index in [2.05, 4.69) is 33.1 Å². The third-order valence-electron chi connectivity index (χ3n) is 4.76. The van der Waals surface area contributed by atoms with Crippen molar-refractivity contribution in [2.45, 2.75) is 20.3 Å². The van der Waals surface area contributed by atoms with E-state index in [-0.39, 0.29) is 0 Å². The normalized spacial score (nSPS) is 26.4. The molecule has 0 radical (unpaired) electrons. The number of piperazine rings is 1. The molecule has 0 amide bonds. The first-order valence-corrected chi connectivity index (χ1v) is 8.46. The van der Waals surface area contributed by atoms with Crippen LogP contribution in [0.3, 0.4) is 0 Å². The predicted octanol–water partition coefficient (Wildman–Crippen LogP) is 1.60. The highest BCUT2D eigenvalue weighted by atomic mass is 16.5. The Morgan fingerprint density at radius 2 is 2.09 bits per heavy atom. The van der Waals surface area contributed by atoms with Gasteiger partial charge in [0, 0.05) is 45.3 Å². The van der Waals surface area contributed by atoms with Crippen molar-refractivity contribution in [3.63, 3.8) is 0 Å². The molecule has 122 valence electrons. The Kier molecular flexibility index (Phi) is 4.84. The molecule has 1 aromatic heterocycles. The van der Waals surface area contributed by atoms with Gasteiger partial charge in [-0.3, -0.25) is 4.90 Å². The third-order valence-corrected chi connectivity index (χ3v) is 4.76. The fourth-order valence-electron chi connectivity index (χ4n) is 3.49. The molecule has 2 aliphatic rings. The summed E-state index contributed by atoms with van der Waals surface area (Å²) < 4.78 is 5.51. The largest absolute Gasteiger partial charge is 0.478 e. The van der Waals surface area contributed by atoms with E-state index in [1.807, 2.05) is 19.1 Å². The lowest BCUT2D eigenvalue weighted by atomic mass is 9.89.